The molecule has 0 saturated carbocycles. The Morgan fingerprint density at radius 1 is 1.00 bits per heavy atom. The molecular formula is C18H13NO. The Hall–Kier alpha value is -2.61. The molecule has 0 amide bonds. The molecule has 2 nitrogen and oxygen atoms in total. The van der Waals surface area contributed by atoms with Crippen LogP contribution in [-0.4, -0.2) is 17.2 Å². The Kier molecular flexibility index (Phi) is 2.36. The van der Waals surface area contributed by atoms with Crippen LogP contribution in [0, 0.1) is 0 Å². The zero-order valence-corrected chi connectivity index (χ0v) is 10.9. The first-order chi connectivity index (χ1) is 9.84. The van der Waals surface area contributed by atoms with E-state index in [1.807, 2.05) is 53.6 Å². The van der Waals surface area contributed by atoms with Crippen molar-refractivity contribution in [3.8, 4) is 0 Å². The van der Waals surface area contributed by atoms with Crippen molar-refractivity contribution < 1.29 is 4.79 Å². The van der Waals surface area contributed by atoms with Crippen molar-refractivity contribution in [2.75, 3.05) is 6.54 Å². The minimum Gasteiger partial charge on any atom is -0.341 e. The van der Waals surface area contributed by atoms with Gasteiger partial charge in [-0.05, 0) is 34.9 Å². The molecule has 0 saturated heterocycles. The molecule has 2 aliphatic carbocycles. The van der Waals surface area contributed by atoms with E-state index >= 15 is 0 Å². The van der Waals surface area contributed by atoms with Crippen LogP contribution in [-0.2, 0) is 4.79 Å². The second kappa shape index (κ2) is 4.20. The molecule has 0 unspecified atom stereocenters. The molecule has 0 atom stereocenters. The Morgan fingerprint density at radius 3 is 2.75 bits per heavy atom. The van der Waals surface area contributed by atoms with Gasteiger partial charge < -0.3 is 4.90 Å². The molecule has 0 bridgehead atoms. The zero-order valence-electron chi connectivity index (χ0n) is 10.9. The van der Waals surface area contributed by atoms with Gasteiger partial charge in [-0.15, -0.1) is 0 Å². The van der Waals surface area contributed by atoms with Crippen molar-refractivity contribution >= 4 is 17.4 Å². The quantitative estimate of drug-likeness (QED) is 0.771. The summed E-state index contributed by atoms with van der Waals surface area (Å²) in [5.74, 6) is 0.110. The SMILES string of the molecule is O=C1C2=Cc3ccccc3C2=CC=C1N1C=CC=CC1. The Balaban J connectivity index is 1.78. The summed E-state index contributed by atoms with van der Waals surface area (Å²) in [6, 6.07) is 8.14. The lowest BCUT2D eigenvalue weighted by atomic mass is 9.93. The largest absolute Gasteiger partial charge is 0.341 e. The molecule has 0 fully saturated rings. The van der Waals surface area contributed by atoms with E-state index in [0.29, 0.717) is 0 Å². The van der Waals surface area contributed by atoms with Gasteiger partial charge >= 0.3 is 0 Å². The maximum absolute atomic E-state index is 12.7. The number of fused-ring (bicyclic) bond motifs is 3. The maximum atomic E-state index is 12.7. The van der Waals surface area contributed by atoms with Crippen LogP contribution in [0.3, 0.4) is 0 Å². The monoisotopic (exact) mass is 259 g/mol. The third kappa shape index (κ3) is 1.55. The second-order valence-corrected chi connectivity index (χ2v) is 5.03. The van der Waals surface area contributed by atoms with Crippen LogP contribution in [0.15, 0.2) is 72.1 Å². The topological polar surface area (TPSA) is 20.3 Å². The Labute approximate surface area is 117 Å². The van der Waals surface area contributed by atoms with Gasteiger partial charge in [0.15, 0.2) is 0 Å². The first-order valence-corrected chi connectivity index (χ1v) is 6.73. The summed E-state index contributed by atoms with van der Waals surface area (Å²) in [4.78, 5) is 14.7. The van der Waals surface area contributed by atoms with Gasteiger partial charge in [0.2, 0.25) is 5.78 Å². The minimum atomic E-state index is 0.110. The van der Waals surface area contributed by atoms with Gasteiger partial charge in [0.1, 0.15) is 0 Å². The lowest BCUT2D eigenvalue weighted by Crippen LogP contribution is -2.26. The number of hydrogen-bond acceptors (Lipinski definition) is 2. The maximum Gasteiger partial charge on any atom is 0.210 e. The van der Waals surface area contributed by atoms with Gasteiger partial charge in [0.05, 0.1) is 5.70 Å². The fraction of sp³-hybridized carbons (Fsp3) is 0.0556. The van der Waals surface area contributed by atoms with Crippen molar-refractivity contribution in [2.24, 2.45) is 0 Å². The van der Waals surface area contributed by atoms with E-state index in [-0.39, 0.29) is 5.78 Å². The van der Waals surface area contributed by atoms with Gasteiger partial charge in [0, 0.05) is 18.3 Å². The fourth-order valence-corrected chi connectivity index (χ4v) is 2.86. The number of hydrogen-bond donors (Lipinski definition) is 0. The molecule has 96 valence electrons. The predicted octanol–water partition coefficient (Wildman–Crippen LogP) is 3.32. The standard InChI is InChI=1S/C18H13NO/c20-18-16-12-13-6-2-3-7-14(13)15(16)8-9-17(18)19-10-4-1-5-11-19/h1-10,12H,11H2. The van der Waals surface area contributed by atoms with Crippen LogP contribution in [0.25, 0.3) is 11.6 Å². The van der Waals surface area contributed by atoms with E-state index in [4.69, 9.17) is 0 Å². The number of ketones is 1. The molecule has 0 radical (unpaired) electrons. The van der Waals surface area contributed by atoms with Crippen LogP contribution < -0.4 is 0 Å². The van der Waals surface area contributed by atoms with Crippen molar-refractivity contribution in [2.45, 2.75) is 0 Å². The third-order valence-corrected chi connectivity index (χ3v) is 3.85. The summed E-state index contributed by atoms with van der Waals surface area (Å²) in [6.07, 6.45) is 13.9. The molecule has 3 aliphatic rings. The molecule has 1 aromatic carbocycles. The number of benzene rings is 1. The summed E-state index contributed by atoms with van der Waals surface area (Å²) in [6.45, 7) is 0.747. The Morgan fingerprint density at radius 2 is 1.90 bits per heavy atom. The zero-order chi connectivity index (χ0) is 13.5. The summed E-state index contributed by atoms with van der Waals surface area (Å²) < 4.78 is 0. The molecule has 0 aromatic heterocycles. The number of carbonyl (C=O) groups is 1. The highest BCUT2D eigenvalue weighted by molar-refractivity contribution is 6.25. The lowest BCUT2D eigenvalue weighted by molar-refractivity contribution is -0.113. The molecule has 0 spiro atoms. The number of carbonyl (C=O) groups excluding carboxylic acids is 1. The van der Waals surface area contributed by atoms with E-state index in [1.54, 1.807) is 0 Å². The van der Waals surface area contributed by atoms with Crippen LogP contribution in [0.1, 0.15) is 11.1 Å². The highest BCUT2D eigenvalue weighted by atomic mass is 16.1. The lowest BCUT2D eigenvalue weighted by Gasteiger charge is -2.25. The smallest absolute Gasteiger partial charge is 0.210 e. The van der Waals surface area contributed by atoms with E-state index in [0.717, 1.165) is 34.5 Å². The van der Waals surface area contributed by atoms with Gasteiger partial charge in [-0.25, -0.2) is 0 Å². The van der Waals surface area contributed by atoms with Gasteiger partial charge in [0.25, 0.3) is 0 Å². The minimum absolute atomic E-state index is 0.110. The first kappa shape index (κ1) is 11.2. The summed E-state index contributed by atoms with van der Waals surface area (Å²) in [5, 5.41) is 0. The average molecular weight is 259 g/mol. The molecule has 20 heavy (non-hydrogen) atoms. The molecule has 4 rings (SSSR count). The molecule has 1 heterocycles. The van der Waals surface area contributed by atoms with E-state index < -0.39 is 0 Å². The number of nitrogens with zero attached hydrogens (tertiary/aromatic N) is 1. The highest BCUT2D eigenvalue weighted by Gasteiger charge is 2.30. The van der Waals surface area contributed by atoms with Crippen molar-refractivity contribution in [1.29, 1.82) is 0 Å². The highest BCUT2D eigenvalue weighted by Crippen LogP contribution is 2.39. The Bertz CT molecular complexity index is 759. The van der Waals surface area contributed by atoms with Crippen molar-refractivity contribution in [3.05, 3.63) is 83.2 Å². The van der Waals surface area contributed by atoms with Crippen LogP contribution in [0.4, 0.5) is 0 Å². The van der Waals surface area contributed by atoms with E-state index in [1.165, 1.54) is 0 Å². The van der Waals surface area contributed by atoms with Crippen LogP contribution in [0.5, 0.6) is 0 Å². The molecular weight excluding hydrogens is 246 g/mol. The second-order valence-electron chi connectivity index (χ2n) is 5.03. The van der Waals surface area contributed by atoms with E-state index in [9.17, 15) is 4.79 Å². The van der Waals surface area contributed by atoms with Crippen molar-refractivity contribution in [1.82, 2.24) is 4.90 Å². The van der Waals surface area contributed by atoms with Crippen LogP contribution in [0.2, 0.25) is 0 Å². The summed E-state index contributed by atoms with van der Waals surface area (Å²) >= 11 is 0. The van der Waals surface area contributed by atoms with Gasteiger partial charge in [-0.3, -0.25) is 4.79 Å². The van der Waals surface area contributed by atoms with Gasteiger partial charge in [-0.1, -0.05) is 42.5 Å². The molecule has 1 aromatic rings. The number of Topliss-reactive ketones (excluding diaryl/α,β-unsaturated/α-hetero) is 1. The molecule has 1 aliphatic heterocycles. The molecule has 0 N–H and O–H groups in total. The summed E-state index contributed by atoms with van der Waals surface area (Å²) in [5.41, 5.74) is 4.89. The number of allylic oxidation sites excluding steroid dienone is 6. The third-order valence-electron chi connectivity index (χ3n) is 3.85. The van der Waals surface area contributed by atoms with Crippen molar-refractivity contribution in [3.63, 3.8) is 0 Å². The number of rotatable bonds is 1. The molecule has 2 heteroatoms. The average Bonchev–Trinajstić information content (AvgIpc) is 2.88. The first-order valence-electron chi connectivity index (χ1n) is 6.73. The summed E-state index contributed by atoms with van der Waals surface area (Å²) in [7, 11) is 0. The fourth-order valence-electron chi connectivity index (χ4n) is 2.86. The van der Waals surface area contributed by atoms with E-state index in [2.05, 4.69) is 18.2 Å². The van der Waals surface area contributed by atoms with Crippen LogP contribution >= 0.6 is 0 Å². The normalized spacial score (nSPS) is 19.3. The van der Waals surface area contributed by atoms with Gasteiger partial charge in [-0.2, -0.15) is 0 Å². The predicted molar refractivity (Wildman–Crippen MR) is 80.5 cm³/mol.